The van der Waals surface area contributed by atoms with Crippen molar-refractivity contribution < 1.29 is 22.3 Å². The topological polar surface area (TPSA) is 109 Å². The number of sulfonamides is 1. The second-order valence-corrected chi connectivity index (χ2v) is 7.73. The smallest absolute Gasteiger partial charge is 0.250 e. The number of methoxy groups -OCH3 is 1. The van der Waals surface area contributed by atoms with Crippen LogP contribution < -0.4 is 25.6 Å². The van der Waals surface area contributed by atoms with Crippen LogP contribution >= 0.6 is 0 Å². The number of hydrazine groups is 1. The minimum absolute atomic E-state index is 0.130. The Morgan fingerprint density at radius 2 is 1.93 bits per heavy atom. The van der Waals surface area contributed by atoms with Gasteiger partial charge in [0.1, 0.15) is 11.6 Å². The average Bonchev–Trinajstić information content (AvgIpc) is 3.15. The van der Waals surface area contributed by atoms with Gasteiger partial charge in [-0.05, 0) is 36.4 Å². The van der Waals surface area contributed by atoms with E-state index in [-0.39, 0.29) is 12.2 Å². The van der Waals surface area contributed by atoms with E-state index >= 15 is 0 Å². The summed E-state index contributed by atoms with van der Waals surface area (Å²) >= 11 is 0. The lowest BCUT2D eigenvalue weighted by molar-refractivity contribution is -0.119. The molecule has 1 heterocycles. The molecule has 0 spiro atoms. The van der Waals surface area contributed by atoms with E-state index in [1.165, 1.54) is 19.2 Å². The first-order valence-electron chi connectivity index (χ1n) is 8.09. The van der Waals surface area contributed by atoms with Crippen LogP contribution in [0.3, 0.4) is 0 Å². The summed E-state index contributed by atoms with van der Waals surface area (Å²) in [5, 5.41) is 1.49. The number of carbonyl (C=O) groups excluding carboxylic acids is 1. The summed E-state index contributed by atoms with van der Waals surface area (Å²) in [7, 11) is -2.45. The molecule has 144 valence electrons. The lowest BCUT2D eigenvalue weighted by atomic mass is 10.1. The zero-order chi connectivity index (χ0) is 19.4. The van der Waals surface area contributed by atoms with Crippen molar-refractivity contribution in [3.8, 4) is 5.75 Å². The van der Waals surface area contributed by atoms with Crippen LogP contribution in [-0.2, 0) is 14.8 Å². The molecule has 2 aromatic carbocycles. The van der Waals surface area contributed by atoms with Gasteiger partial charge < -0.3 is 10.1 Å². The van der Waals surface area contributed by atoms with Gasteiger partial charge in [-0.3, -0.25) is 14.9 Å². The molecular formula is C17H19FN4O4S. The molecule has 2 unspecified atom stereocenters. The number of amides is 1. The Bertz CT molecular complexity index is 921. The highest BCUT2D eigenvalue weighted by atomic mass is 32.2. The fourth-order valence-corrected chi connectivity index (χ4v) is 4.16. The van der Waals surface area contributed by atoms with Crippen molar-refractivity contribution in [1.82, 2.24) is 10.9 Å². The molecular weight excluding hydrogens is 375 g/mol. The van der Waals surface area contributed by atoms with Crippen LogP contribution in [0.25, 0.3) is 0 Å². The van der Waals surface area contributed by atoms with E-state index in [2.05, 4.69) is 20.9 Å². The Kier molecular flexibility index (Phi) is 5.59. The van der Waals surface area contributed by atoms with Gasteiger partial charge in [-0.1, -0.05) is 6.07 Å². The van der Waals surface area contributed by atoms with Gasteiger partial charge in [0, 0.05) is 24.0 Å². The Labute approximate surface area is 156 Å². The third-order valence-electron chi connectivity index (χ3n) is 4.04. The van der Waals surface area contributed by atoms with E-state index in [1.807, 2.05) is 0 Å². The summed E-state index contributed by atoms with van der Waals surface area (Å²) in [5.74, 6) is -1.25. The number of rotatable bonds is 6. The van der Waals surface area contributed by atoms with E-state index in [0.29, 0.717) is 11.4 Å². The SMILES string of the molecule is COc1cccc(NC(=O)C2CNNC2S(=O)(=O)Nc2ccc(F)cc2)c1. The molecule has 27 heavy (non-hydrogen) atoms. The Balaban J connectivity index is 1.73. The molecule has 1 aliphatic rings. The predicted octanol–water partition coefficient (Wildman–Crippen LogP) is 1.26. The lowest BCUT2D eigenvalue weighted by Gasteiger charge is -2.19. The maximum absolute atomic E-state index is 13.0. The minimum Gasteiger partial charge on any atom is -0.497 e. The highest BCUT2D eigenvalue weighted by Crippen LogP contribution is 2.22. The zero-order valence-electron chi connectivity index (χ0n) is 14.4. The summed E-state index contributed by atoms with van der Waals surface area (Å²) in [4.78, 5) is 12.6. The molecule has 2 aromatic rings. The van der Waals surface area contributed by atoms with Gasteiger partial charge in [0.2, 0.25) is 5.91 Å². The molecule has 1 aliphatic heterocycles. The number of nitrogens with one attached hydrogen (secondary N) is 4. The van der Waals surface area contributed by atoms with Crippen LogP contribution in [0.5, 0.6) is 5.75 Å². The van der Waals surface area contributed by atoms with E-state index in [4.69, 9.17) is 4.74 Å². The number of hydrogen-bond donors (Lipinski definition) is 4. The number of halogens is 1. The fourth-order valence-electron chi connectivity index (χ4n) is 2.68. The highest BCUT2D eigenvalue weighted by Gasteiger charge is 2.41. The molecule has 1 amide bonds. The van der Waals surface area contributed by atoms with E-state index in [0.717, 1.165) is 12.1 Å². The maximum Gasteiger partial charge on any atom is 0.250 e. The van der Waals surface area contributed by atoms with Crippen LogP contribution in [0.15, 0.2) is 48.5 Å². The Morgan fingerprint density at radius 3 is 2.63 bits per heavy atom. The first-order chi connectivity index (χ1) is 12.9. The number of anilines is 2. The molecule has 0 aliphatic carbocycles. The zero-order valence-corrected chi connectivity index (χ0v) is 15.2. The molecule has 1 fully saturated rings. The Hall–Kier alpha value is -2.69. The van der Waals surface area contributed by atoms with Gasteiger partial charge in [0.15, 0.2) is 5.37 Å². The largest absolute Gasteiger partial charge is 0.497 e. The molecule has 10 heteroatoms. The molecule has 0 bridgehead atoms. The second-order valence-electron chi connectivity index (χ2n) is 5.93. The molecule has 1 saturated heterocycles. The summed E-state index contributed by atoms with van der Waals surface area (Å²) in [6.07, 6.45) is 0. The van der Waals surface area contributed by atoms with Gasteiger partial charge >= 0.3 is 0 Å². The summed E-state index contributed by atoms with van der Waals surface area (Å²) in [5.41, 5.74) is 6.01. The number of ether oxygens (including phenoxy) is 1. The number of hydrogen-bond acceptors (Lipinski definition) is 6. The molecule has 4 N–H and O–H groups in total. The van der Waals surface area contributed by atoms with Crippen molar-refractivity contribution in [2.75, 3.05) is 23.7 Å². The first kappa shape index (κ1) is 19.1. The lowest BCUT2D eigenvalue weighted by Crippen LogP contribution is -2.45. The van der Waals surface area contributed by atoms with E-state index < -0.39 is 33.0 Å². The van der Waals surface area contributed by atoms with Crippen molar-refractivity contribution in [3.63, 3.8) is 0 Å². The summed E-state index contributed by atoms with van der Waals surface area (Å²) < 4.78 is 45.7. The van der Waals surface area contributed by atoms with E-state index in [1.54, 1.807) is 24.3 Å². The predicted molar refractivity (Wildman–Crippen MR) is 99.0 cm³/mol. The quantitative estimate of drug-likeness (QED) is 0.588. The van der Waals surface area contributed by atoms with Crippen molar-refractivity contribution in [1.29, 1.82) is 0 Å². The van der Waals surface area contributed by atoms with Crippen molar-refractivity contribution in [3.05, 3.63) is 54.3 Å². The third kappa shape index (κ3) is 4.54. The minimum atomic E-state index is -3.96. The van der Waals surface area contributed by atoms with Crippen molar-refractivity contribution in [2.45, 2.75) is 5.37 Å². The molecule has 0 aromatic heterocycles. The summed E-state index contributed by atoms with van der Waals surface area (Å²) in [6, 6.07) is 11.7. The van der Waals surface area contributed by atoms with Gasteiger partial charge in [0.05, 0.1) is 13.0 Å². The maximum atomic E-state index is 13.0. The van der Waals surface area contributed by atoms with Crippen LogP contribution in [0.2, 0.25) is 0 Å². The number of benzene rings is 2. The first-order valence-corrected chi connectivity index (χ1v) is 9.64. The van der Waals surface area contributed by atoms with Crippen LogP contribution in [0.1, 0.15) is 0 Å². The van der Waals surface area contributed by atoms with Gasteiger partial charge in [-0.15, -0.1) is 0 Å². The molecule has 2 atom stereocenters. The molecule has 0 radical (unpaired) electrons. The van der Waals surface area contributed by atoms with Gasteiger partial charge in [-0.2, -0.15) is 0 Å². The fraction of sp³-hybridized carbons (Fsp3) is 0.235. The second kappa shape index (κ2) is 7.91. The molecule has 0 saturated carbocycles. The molecule has 8 nitrogen and oxygen atoms in total. The summed E-state index contributed by atoms with van der Waals surface area (Å²) in [6.45, 7) is 0.130. The molecule has 3 rings (SSSR count). The third-order valence-corrected chi connectivity index (χ3v) is 5.68. The van der Waals surface area contributed by atoms with Crippen molar-refractivity contribution in [2.24, 2.45) is 5.92 Å². The average molecular weight is 394 g/mol. The number of carbonyl (C=O) groups is 1. The van der Waals surface area contributed by atoms with Crippen LogP contribution in [0.4, 0.5) is 15.8 Å². The van der Waals surface area contributed by atoms with Gasteiger partial charge in [0.25, 0.3) is 10.0 Å². The van der Waals surface area contributed by atoms with Crippen LogP contribution in [-0.4, -0.2) is 33.4 Å². The Morgan fingerprint density at radius 1 is 1.19 bits per heavy atom. The normalized spacial score (nSPS) is 19.5. The van der Waals surface area contributed by atoms with Gasteiger partial charge in [-0.25, -0.2) is 18.2 Å². The monoisotopic (exact) mass is 394 g/mol. The van der Waals surface area contributed by atoms with Crippen molar-refractivity contribution >= 4 is 27.3 Å². The van der Waals surface area contributed by atoms with Crippen LogP contribution in [0, 0.1) is 11.7 Å². The van der Waals surface area contributed by atoms with E-state index in [9.17, 15) is 17.6 Å². The highest BCUT2D eigenvalue weighted by molar-refractivity contribution is 7.93. The standard InChI is InChI=1S/C17H19FN4O4S/c1-26-14-4-2-3-13(9-14)20-16(23)15-10-19-21-17(15)27(24,25)22-12-7-5-11(18)6-8-12/h2-9,15,17,19,21-22H,10H2,1H3,(H,20,23).